The molecular weight excluding hydrogens is 390 g/mol. The lowest BCUT2D eigenvalue weighted by atomic mass is 9.96. The number of fused-ring (bicyclic) bond motifs is 1. The van der Waals surface area contributed by atoms with Crippen molar-refractivity contribution in [3.63, 3.8) is 0 Å². The minimum absolute atomic E-state index is 0.204. The van der Waals surface area contributed by atoms with E-state index < -0.39 is 0 Å². The van der Waals surface area contributed by atoms with Gasteiger partial charge >= 0.3 is 0 Å². The molecule has 1 atom stereocenters. The Labute approximate surface area is 174 Å². The minimum Gasteiger partial charge on any atom is -0.454 e. The molecule has 0 spiro atoms. The maximum Gasteiger partial charge on any atom is 0.231 e. The molecule has 7 heteroatoms. The van der Waals surface area contributed by atoms with Crippen LogP contribution in [0.15, 0.2) is 41.1 Å². The molecule has 150 valence electrons. The predicted octanol–water partition coefficient (Wildman–Crippen LogP) is 5.15. The van der Waals surface area contributed by atoms with Crippen LogP contribution in [0, 0.1) is 6.92 Å². The SMILES string of the molecule is Cc1oc(-c2cc3c(cc2Cl)OCO3)nc1CN1CCCCC1c1cccnc1. The van der Waals surface area contributed by atoms with Crippen molar-refractivity contribution in [3.8, 4) is 23.0 Å². The predicted molar refractivity (Wildman–Crippen MR) is 109 cm³/mol. The zero-order chi connectivity index (χ0) is 19.8. The molecule has 2 aliphatic heterocycles. The summed E-state index contributed by atoms with van der Waals surface area (Å²) < 4.78 is 16.8. The highest BCUT2D eigenvalue weighted by molar-refractivity contribution is 6.33. The summed E-state index contributed by atoms with van der Waals surface area (Å²) in [7, 11) is 0. The maximum atomic E-state index is 6.45. The second-order valence-electron chi connectivity index (χ2n) is 7.48. The van der Waals surface area contributed by atoms with E-state index in [1.807, 2.05) is 31.5 Å². The monoisotopic (exact) mass is 411 g/mol. The summed E-state index contributed by atoms with van der Waals surface area (Å²) in [5.74, 6) is 2.63. The highest BCUT2D eigenvalue weighted by Gasteiger charge is 2.27. The van der Waals surface area contributed by atoms with E-state index in [0.717, 1.165) is 31.0 Å². The van der Waals surface area contributed by atoms with Crippen LogP contribution in [0.5, 0.6) is 11.5 Å². The molecule has 1 saturated heterocycles. The summed E-state index contributed by atoms with van der Waals surface area (Å²) in [4.78, 5) is 11.6. The highest BCUT2D eigenvalue weighted by Crippen LogP contribution is 2.41. The molecule has 0 radical (unpaired) electrons. The fourth-order valence-electron chi connectivity index (χ4n) is 4.09. The van der Waals surface area contributed by atoms with Crippen molar-refractivity contribution in [2.24, 2.45) is 0 Å². The zero-order valence-corrected chi connectivity index (χ0v) is 17.0. The Morgan fingerprint density at radius 2 is 2.07 bits per heavy atom. The number of benzene rings is 1. The number of oxazole rings is 1. The number of hydrogen-bond donors (Lipinski definition) is 0. The Bertz CT molecular complexity index is 1020. The van der Waals surface area contributed by atoms with Gasteiger partial charge in [-0.15, -0.1) is 0 Å². The summed E-state index contributed by atoms with van der Waals surface area (Å²) in [6.07, 6.45) is 7.33. The van der Waals surface area contributed by atoms with E-state index in [1.54, 1.807) is 6.07 Å². The summed E-state index contributed by atoms with van der Waals surface area (Å²) in [6, 6.07) is 8.10. The third kappa shape index (κ3) is 3.58. The van der Waals surface area contributed by atoms with Gasteiger partial charge in [0.2, 0.25) is 12.7 Å². The number of aryl methyl sites for hydroxylation is 1. The van der Waals surface area contributed by atoms with E-state index in [0.29, 0.717) is 34.0 Å². The van der Waals surface area contributed by atoms with Gasteiger partial charge in [-0.2, -0.15) is 0 Å². The first-order valence-corrected chi connectivity index (χ1v) is 10.3. The van der Waals surface area contributed by atoms with Crippen LogP contribution in [0.1, 0.15) is 42.3 Å². The van der Waals surface area contributed by atoms with E-state index in [1.165, 1.54) is 18.4 Å². The number of hydrogen-bond acceptors (Lipinski definition) is 6. The molecular formula is C22H22ClN3O3. The molecule has 0 amide bonds. The van der Waals surface area contributed by atoms with Crippen molar-refractivity contribution in [2.75, 3.05) is 13.3 Å². The Morgan fingerprint density at radius 1 is 1.21 bits per heavy atom. The van der Waals surface area contributed by atoms with E-state index in [-0.39, 0.29) is 6.79 Å². The third-order valence-electron chi connectivity index (χ3n) is 5.62. The van der Waals surface area contributed by atoms with Gasteiger partial charge in [-0.3, -0.25) is 9.88 Å². The molecule has 1 unspecified atom stereocenters. The molecule has 2 aromatic heterocycles. The van der Waals surface area contributed by atoms with Gasteiger partial charge in [-0.05, 0) is 44.0 Å². The largest absolute Gasteiger partial charge is 0.454 e. The number of ether oxygens (including phenoxy) is 2. The molecule has 0 aliphatic carbocycles. The van der Waals surface area contributed by atoms with Crippen LogP contribution >= 0.6 is 11.6 Å². The van der Waals surface area contributed by atoms with Crippen LogP contribution < -0.4 is 9.47 Å². The van der Waals surface area contributed by atoms with Crippen LogP contribution in [0.4, 0.5) is 0 Å². The first-order valence-electron chi connectivity index (χ1n) is 9.89. The van der Waals surface area contributed by atoms with E-state index >= 15 is 0 Å². The average molecular weight is 412 g/mol. The second kappa shape index (κ2) is 7.69. The van der Waals surface area contributed by atoms with Gasteiger partial charge in [0.05, 0.1) is 16.3 Å². The van der Waals surface area contributed by atoms with Crippen LogP contribution in [0.3, 0.4) is 0 Å². The summed E-state index contributed by atoms with van der Waals surface area (Å²) in [6.45, 7) is 3.93. The average Bonchev–Trinajstić information content (AvgIpc) is 3.34. The Kier molecular flexibility index (Phi) is 4.89. The van der Waals surface area contributed by atoms with E-state index in [2.05, 4.69) is 16.0 Å². The van der Waals surface area contributed by atoms with Gasteiger partial charge in [-0.1, -0.05) is 24.1 Å². The van der Waals surface area contributed by atoms with Crippen LogP contribution in [-0.4, -0.2) is 28.2 Å². The van der Waals surface area contributed by atoms with Crippen molar-refractivity contribution in [3.05, 3.63) is 58.7 Å². The molecule has 2 aliphatic rings. The first kappa shape index (κ1) is 18.5. The molecule has 3 aromatic rings. The second-order valence-corrected chi connectivity index (χ2v) is 7.88. The van der Waals surface area contributed by atoms with Crippen molar-refractivity contribution in [2.45, 2.75) is 38.8 Å². The molecule has 4 heterocycles. The molecule has 0 saturated carbocycles. The first-order chi connectivity index (χ1) is 14.2. The van der Waals surface area contributed by atoms with Gasteiger partial charge in [0.25, 0.3) is 0 Å². The van der Waals surface area contributed by atoms with Gasteiger partial charge in [0.15, 0.2) is 11.5 Å². The Hall–Kier alpha value is -2.57. The normalized spacial score (nSPS) is 18.9. The number of pyridine rings is 1. The number of nitrogens with zero attached hydrogens (tertiary/aromatic N) is 3. The molecule has 1 fully saturated rings. The van der Waals surface area contributed by atoms with Crippen molar-refractivity contribution >= 4 is 11.6 Å². The third-order valence-corrected chi connectivity index (χ3v) is 5.93. The minimum atomic E-state index is 0.204. The smallest absolute Gasteiger partial charge is 0.231 e. The van der Waals surface area contributed by atoms with Crippen molar-refractivity contribution < 1.29 is 13.9 Å². The number of rotatable bonds is 4. The molecule has 1 aromatic carbocycles. The number of aromatic nitrogens is 2. The van der Waals surface area contributed by atoms with E-state index in [4.69, 9.17) is 30.5 Å². The summed E-state index contributed by atoms with van der Waals surface area (Å²) in [5, 5.41) is 0.535. The van der Waals surface area contributed by atoms with Gasteiger partial charge in [0, 0.05) is 31.0 Å². The molecule has 0 bridgehead atoms. The van der Waals surface area contributed by atoms with Gasteiger partial charge in [-0.25, -0.2) is 4.98 Å². The van der Waals surface area contributed by atoms with Crippen LogP contribution in [0.2, 0.25) is 5.02 Å². The van der Waals surface area contributed by atoms with Crippen LogP contribution in [-0.2, 0) is 6.54 Å². The lowest BCUT2D eigenvalue weighted by Gasteiger charge is -2.35. The Morgan fingerprint density at radius 3 is 2.90 bits per heavy atom. The maximum absolute atomic E-state index is 6.45. The molecule has 29 heavy (non-hydrogen) atoms. The molecule has 6 nitrogen and oxygen atoms in total. The quantitative estimate of drug-likeness (QED) is 0.591. The number of halogens is 1. The zero-order valence-electron chi connectivity index (χ0n) is 16.2. The summed E-state index contributed by atoms with van der Waals surface area (Å²) >= 11 is 6.45. The lowest BCUT2D eigenvalue weighted by Crippen LogP contribution is -2.33. The van der Waals surface area contributed by atoms with Crippen molar-refractivity contribution in [1.82, 2.24) is 14.9 Å². The van der Waals surface area contributed by atoms with Gasteiger partial charge in [0.1, 0.15) is 5.76 Å². The molecule has 0 N–H and O–H groups in total. The number of piperidine rings is 1. The topological polar surface area (TPSA) is 60.6 Å². The van der Waals surface area contributed by atoms with Crippen molar-refractivity contribution in [1.29, 1.82) is 0 Å². The summed E-state index contributed by atoms with van der Waals surface area (Å²) in [5.41, 5.74) is 2.91. The fraction of sp³-hybridized carbons (Fsp3) is 0.364. The number of likely N-dealkylation sites (tertiary alicyclic amines) is 1. The Balaban J connectivity index is 1.42. The molecule has 5 rings (SSSR count). The lowest BCUT2D eigenvalue weighted by molar-refractivity contribution is 0.138. The van der Waals surface area contributed by atoms with Crippen LogP contribution in [0.25, 0.3) is 11.5 Å². The fourth-order valence-corrected chi connectivity index (χ4v) is 4.33. The highest BCUT2D eigenvalue weighted by atomic mass is 35.5. The van der Waals surface area contributed by atoms with Gasteiger partial charge < -0.3 is 13.9 Å². The van der Waals surface area contributed by atoms with E-state index in [9.17, 15) is 0 Å². The standard InChI is InChI=1S/C22H22ClN3O3/c1-14-18(12-26-8-3-2-6-19(26)15-5-4-7-24-11-15)25-22(29-14)16-9-20-21(10-17(16)23)28-13-27-20/h4-5,7,9-11,19H,2-3,6,8,12-13H2,1H3.